The first-order valence-corrected chi connectivity index (χ1v) is 3.61. The second-order valence-electron chi connectivity index (χ2n) is 2.60. The van der Waals surface area contributed by atoms with Gasteiger partial charge in [0, 0.05) is 17.1 Å². The minimum absolute atomic E-state index is 0.0191. The molecule has 2 heterocycles. The van der Waals surface area contributed by atoms with Crippen LogP contribution in [0.5, 0.6) is 0 Å². The normalized spacial score (nSPS) is 10.4. The zero-order chi connectivity index (χ0) is 8.55. The summed E-state index contributed by atoms with van der Waals surface area (Å²) in [5.41, 5.74) is 1.18. The van der Waals surface area contributed by atoms with E-state index in [1.54, 1.807) is 18.4 Å². The molecule has 0 aliphatic rings. The van der Waals surface area contributed by atoms with Gasteiger partial charge < -0.3 is 4.42 Å². The summed E-state index contributed by atoms with van der Waals surface area (Å²) in [6.45, 7) is 1.52. The van der Waals surface area contributed by atoms with Gasteiger partial charge in [-0.1, -0.05) is 0 Å². The molecule has 0 unspecified atom stereocenters. The summed E-state index contributed by atoms with van der Waals surface area (Å²) in [7, 11) is 0. The number of ketones is 1. The van der Waals surface area contributed by atoms with Gasteiger partial charge >= 0.3 is 0 Å². The Morgan fingerprint density at radius 1 is 1.58 bits per heavy atom. The Bertz CT molecular complexity index is 431. The summed E-state index contributed by atoms with van der Waals surface area (Å²) < 4.78 is 5.03. The maximum Gasteiger partial charge on any atom is 0.225 e. The number of fused-ring (bicyclic) bond motifs is 1. The molecule has 0 saturated heterocycles. The van der Waals surface area contributed by atoms with Crippen LogP contribution >= 0.6 is 0 Å². The molecule has 2 rings (SSSR count). The lowest BCUT2D eigenvalue weighted by atomic mass is 10.2. The van der Waals surface area contributed by atoms with Crippen LogP contribution in [0, 0.1) is 0 Å². The van der Waals surface area contributed by atoms with Crippen molar-refractivity contribution in [3.05, 3.63) is 30.2 Å². The van der Waals surface area contributed by atoms with Gasteiger partial charge in [-0.2, -0.15) is 0 Å². The number of hydrogen-bond donors (Lipinski definition) is 0. The van der Waals surface area contributed by atoms with Crippen LogP contribution in [0.15, 0.2) is 29.0 Å². The van der Waals surface area contributed by atoms with Gasteiger partial charge in [-0.05, 0) is 19.1 Å². The summed E-state index contributed by atoms with van der Waals surface area (Å²) in [6, 6.07) is 3.56. The number of nitrogens with zero attached hydrogens (tertiary/aromatic N) is 1. The van der Waals surface area contributed by atoms with Crippen LogP contribution in [-0.4, -0.2) is 10.8 Å². The summed E-state index contributed by atoms with van der Waals surface area (Å²) >= 11 is 0. The van der Waals surface area contributed by atoms with Crippen LogP contribution in [0.2, 0.25) is 0 Å². The zero-order valence-electron chi connectivity index (χ0n) is 6.57. The summed E-state index contributed by atoms with van der Waals surface area (Å²) in [5.74, 6) is 0.0191. The molecular weight excluding hydrogens is 154 g/mol. The molecule has 60 valence electrons. The minimum atomic E-state index is 0.0191. The molecule has 0 atom stereocenters. The number of aromatic nitrogens is 1. The lowest BCUT2D eigenvalue weighted by Gasteiger charge is -1.92. The number of rotatable bonds is 1. The van der Waals surface area contributed by atoms with Gasteiger partial charge in [0.25, 0.3) is 0 Å². The molecule has 12 heavy (non-hydrogen) atoms. The zero-order valence-corrected chi connectivity index (χ0v) is 6.57. The molecule has 0 N–H and O–H groups in total. The molecule has 0 fully saturated rings. The highest BCUT2D eigenvalue weighted by atomic mass is 16.3. The Morgan fingerprint density at radius 2 is 2.42 bits per heavy atom. The maximum absolute atomic E-state index is 10.9. The first kappa shape index (κ1) is 7.03. The first-order chi connectivity index (χ1) is 5.77. The van der Waals surface area contributed by atoms with E-state index < -0.39 is 0 Å². The minimum Gasteiger partial charge on any atom is -0.446 e. The van der Waals surface area contributed by atoms with E-state index in [2.05, 4.69) is 4.98 Å². The number of furan rings is 1. The molecule has 2 aromatic rings. The number of pyridine rings is 1. The molecule has 3 heteroatoms. The maximum atomic E-state index is 10.9. The number of Topliss-reactive ketones (excluding diaryl/α,β-unsaturated/α-hetero) is 1. The van der Waals surface area contributed by atoms with Crippen molar-refractivity contribution in [2.45, 2.75) is 6.92 Å². The molecule has 0 aliphatic carbocycles. The third-order valence-electron chi connectivity index (χ3n) is 1.71. The van der Waals surface area contributed by atoms with E-state index in [0.717, 1.165) is 5.39 Å². The third-order valence-corrected chi connectivity index (χ3v) is 1.71. The monoisotopic (exact) mass is 161 g/mol. The molecular formula is C9H7NO2. The van der Waals surface area contributed by atoms with Gasteiger partial charge in [0.2, 0.25) is 5.71 Å². The van der Waals surface area contributed by atoms with Crippen molar-refractivity contribution in [2.75, 3.05) is 0 Å². The Labute approximate surface area is 69.0 Å². The molecule has 0 bridgehead atoms. The highest BCUT2D eigenvalue weighted by Gasteiger charge is 2.02. The second-order valence-corrected chi connectivity index (χ2v) is 2.60. The Hall–Kier alpha value is -1.64. The Balaban J connectivity index is 2.68. The standard InChI is InChI=1S/C9H7NO2/c1-6(11)8-4-7-2-3-12-9(7)10-5-8/h2-5H,1H3. The Morgan fingerprint density at radius 3 is 3.17 bits per heavy atom. The van der Waals surface area contributed by atoms with Crippen LogP contribution in [0.25, 0.3) is 11.1 Å². The third kappa shape index (κ3) is 0.993. The van der Waals surface area contributed by atoms with Crippen LogP contribution in [0.4, 0.5) is 0 Å². The Kier molecular flexibility index (Phi) is 1.43. The lowest BCUT2D eigenvalue weighted by molar-refractivity contribution is 0.101. The van der Waals surface area contributed by atoms with Crippen LogP contribution < -0.4 is 0 Å². The van der Waals surface area contributed by atoms with Crippen LogP contribution in [0.3, 0.4) is 0 Å². The summed E-state index contributed by atoms with van der Waals surface area (Å²) in [6.07, 6.45) is 3.08. The van der Waals surface area contributed by atoms with Gasteiger partial charge in [0.15, 0.2) is 5.78 Å². The largest absolute Gasteiger partial charge is 0.446 e. The van der Waals surface area contributed by atoms with Crippen molar-refractivity contribution >= 4 is 16.9 Å². The number of carbonyl (C=O) groups excluding carboxylic acids is 1. The van der Waals surface area contributed by atoms with E-state index in [0.29, 0.717) is 11.3 Å². The molecule has 3 nitrogen and oxygen atoms in total. The average molecular weight is 161 g/mol. The van der Waals surface area contributed by atoms with Crippen molar-refractivity contribution in [1.29, 1.82) is 0 Å². The highest BCUT2D eigenvalue weighted by molar-refractivity contribution is 5.96. The smallest absolute Gasteiger partial charge is 0.225 e. The SMILES string of the molecule is CC(=O)c1cnc2occc2c1. The van der Waals surface area contributed by atoms with E-state index in [4.69, 9.17) is 4.42 Å². The fourth-order valence-electron chi connectivity index (χ4n) is 1.05. The summed E-state index contributed by atoms with van der Waals surface area (Å²) in [5, 5.41) is 0.864. The molecule has 0 spiro atoms. The van der Waals surface area contributed by atoms with Crippen molar-refractivity contribution in [3.8, 4) is 0 Å². The van der Waals surface area contributed by atoms with Crippen molar-refractivity contribution in [1.82, 2.24) is 4.98 Å². The lowest BCUT2D eigenvalue weighted by Crippen LogP contribution is -1.91. The van der Waals surface area contributed by atoms with Gasteiger partial charge in [0.1, 0.15) is 0 Å². The van der Waals surface area contributed by atoms with Crippen molar-refractivity contribution in [3.63, 3.8) is 0 Å². The van der Waals surface area contributed by atoms with Crippen molar-refractivity contribution < 1.29 is 9.21 Å². The van der Waals surface area contributed by atoms with E-state index >= 15 is 0 Å². The predicted molar refractivity (Wildman–Crippen MR) is 44.0 cm³/mol. The van der Waals surface area contributed by atoms with Crippen LogP contribution in [-0.2, 0) is 0 Å². The highest BCUT2D eigenvalue weighted by Crippen LogP contribution is 2.13. The van der Waals surface area contributed by atoms with Gasteiger partial charge in [-0.25, -0.2) is 4.98 Å². The van der Waals surface area contributed by atoms with E-state index in [1.165, 1.54) is 13.1 Å². The fourth-order valence-corrected chi connectivity index (χ4v) is 1.05. The number of carbonyl (C=O) groups is 1. The first-order valence-electron chi connectivity index (χ1n) is 3.61. The topological polar surface area (TPSA) is 43.1 Å². The average Bonchev–Trinajstić information content (AvgIpc) is 2.49. The molecule has 0 radical (unpaired) electrons. The molecule has 0 saturated carbocycles. The molecule has 2 aromatic heterocycles. The summed E-state index contributed by atoms with van der Waals surface area (Å²) in [4.78, 5) is 14.9. The van der Waals surface area contributed by atoms with E-state index in [-0.39, 0.29) is 5.78 Å². The fraction of sp³-hybridized carbons (Fsp3) is 0.111. The molecule has 0 aliphatic heterocycles. The van der Waals surface area contributed by atoms with Gasteiger partial charge in [-0.15, -0.1) is 0 Å². The second kappa shape index (κ2) is 2.44. The van der Waals surface area contributed by atoms with Crippen LogP contribution in [0.1, 0.15) is 17.3 Å². The van der Waals surface area contributed by atoms with Gasteiger partial charge in [-0.3, -0.25) is 4.79 Å². The van der Waals surface area contributed by atoms with Crippen molar-refractivity contribution in [2.24, 2.45) is 0 Å². The molecule has 0 aromatic carbocycles. The van der Waals surface area contributed by atoms with E-state index in [1.807, 2.05) is 0 Å². The molecule has 0 amide bonds. The quantitative estimate of drug-likeness (QED) is 0.601. The number of hydrogen-bond acceptors (Lipinski definition) is 3. The predicted octanol–water partition coefficient (Wildman–Crippen LogP) is 2.03. The van der Waals surface area contributed by atoms with Gasteiger partial charge in [0.05, 0.1) is 6.26 Å². The van der Waals surface area contributed by atoms with E-state index in [9.17, 15) is 4.79 Å².